The predicted octanol–water partition coefficient (Wildman–Crippen LogP) is 2.47. The quantitative estimate of drug-likeness (QED) is 0.507. The fraction of sp³-hybridized carbons (Fsp3) is 0.286. The Morgan fingerprint density at radius 2 is 1.88 bits per heavy atom. The summed E-state index contributed by atoms with van der Waals surface area (Å²) in [5, 5.41) is 0.980. The number of hydrogen-bond donors (Lipinski definition) is 2. The molecule has 0 bridgehead atoms. The number of nitrogens with one attached hydrogen (secondary N) is 2. The molecule has 0 atom stereocenters. The summed E-state index contributed by atoms with van der Waals surface area (Å²) in [5.41, 5.74) is 2.64. The molecule has 5 heteroatoms. The maximum Gasteiger partial charge on any atom is 0.343 e. The third-order valence-electron chi connectivity index (χ3n) is 4.25. The standard InChI is InChI=1S/C21H24N2O3/c1-4-25-17-10-8-15(9-11-17)21(24)26-19-7-5-6-18-20(19)16(14-22-18)12-13-23(2)3/h5-11,14,22H,4,12-13H2,1-3H3/p+1. The lowest BCUT2D eigenvalue weighted by Crippen LogP contribution is -3.05. The molecule has 0 amide bonds. The van der Waals surface area contributed by atoms with Gasteiger partial charge in [-0.2, -0.15) is 0 Å². The van der Waals surface area contributed by atoms with E-state index in [-0.39, 0.29) is 5.97 Å². The number of aromatic amines is 1. The first-order valence-corrected chi connectivity index (χ1v) is 8.91. The Balaban J connectivity index is 1.83. The van der Waals surface area contributed by atoms with Crippen molar-refractivity contribution in [3.05, 3.63) is 59.8 Å². The summed E-state index contributed by atoms with van der Waals surface area (Å²) in [7, 11) is 4.25. The first kappa shape index (κ1) is 18.0. The van der Waals surface area contributed by atoms with Gasteiger partial charge in [0, 0.05) is 23.5 Å². The van der Waals surface area contributed by atoms with Crippen molar-refractivity contribution in [1.29, 1.82) is 0 Å². The van der Waals surface area contributed by atoms with Crippen LogP contribution in [0.5, 0.6) is 11.5 Å². The van der Waals surface area contributed by atoms with Crippen LogP contribution in [-0.4, -0.2) is 38.2 Å². The van der Waals surface area contributed by atoms with Crippen molar-refractivity contribution in [2.45, 2.75) is 13.3 Å². The molecule has 2 aromatic carbocycles. The second-order valence-electron chi connectivity index (χ2n) is 6.55. The van der Waals surface area contributed by atoms with Gasteiger partial charge >= 0.3 is 5.97 Å². The van der Waals surface area contributed by atoms with Gasteiger partial charge in [-0.1, -0.05) is 6.07 Å². The minimum atomic E-state index is -0.370. The first-order valence-electron chi connectivity index (χ1n) is 8.91. The van der Waals surface area contributed by atoms with Crippen LogP contribution in [0.25, 0.3) is 10.9 Å². The highest BCUT2D eigenvalue weighted by atomic mass is 16.5. The number of ether oxygens (including phenoxy) is 2. The van der Waals surface area contributed by atoms with Crippen LogP contribution in [-0.2, 0) is 6.42 Å². The number of rotatable bonds is 7. The van der Waals surface area contributed by atoms with Crippen LogP contribution in [0.4, 0.5) is 0 Å². The zero-order valence-electron chi connectivity index (χ0n) is 15.5. The lowest BCUT2D eigenvalue weighted by Gasteiger charge is -2.09. The van der Waals surface area contributed by atoms with Gasteiger partial charge in [0.15, 0.2) is 0 Å². The Kier molecular flexibility index (Phi) is 5.58. The highest BCUT2D eigenvalue weighted by molar-refractivity contribution is 5.96. The molecule has 0 saturated carbocycles. The zero-order valence-corrected chi connectivity index (χ0v) is 15.5. The van der Waals surface area contributed by atoms with Crippen molar-refractivity contribution in [1.82, 2.24) is 4.98 Å². The number of H-pyrrole nitrogens is 1. The number of carbonyl (C=O) groups is 1. The summed E-state index contributed by atoms with van der Waals surface area (Å²) in [6.45, 7) is 3.53. The van der Waals surface area contributed by atoms with E-state index in [2.05, 4.69) is 19.1 Å². The lowest BCUT2D eigenvalue weighted by atomic mass is 10.1. The minimum absolute atomic E-state index is 0.370. The molecule has 1 aromatic heterocycles. The van der Waals surface area contributed by atoms with Crippen molar-refractivity contribution < 1.29 is 19.2 Å². The van der Waals surface area contributed by atoms with Gasteiger partial charge in [0.2, 0.25) is 0 Å². The van der Waals surface area contributed by atoms with Crippen LogP contribution < -0.4 is 14.4 Å². The van der Waals surface area contributed by atoms with E-state index in [1.165, 1.54) is 4.90 Å². The number of benzene rings is 2. The Hall–Kier alpha value is -2.79. The highest BCUT2D eigenvalue weighted by Crippen LogP contribution is 2.29. The second kappa shape index (κ2) is 8.06. The molecule has 0 aliphatic carbocycles. The van der Waals surface area contributed by atoms with E-state index in [9.17, 15) is 4.79 Å². The van der Waals surface area contributed by atoms with Gasteiger partial charge in [0.25, 0.3) is 0 Å². The molecule has 136 valence electrons. The van der Waals surface area contributed by atoms with Crippen LogP contribution in [0, 0.1) is 0 Å². The third-order valence-corrected chi connectivity index (χ3v) is 4.25. The summed E-state index contributed by atoms with van der Waals surface area (Å²) in [6, 6.07) is 12.7. The summed E-state index contributed by atoms with van der Waals surface area (Å²) < 4.78 is 11.1. The molecule has 0 radical (unpaired) electrons. The zero-order chi connectivity index (χ0) is 18.5. The van der Waals surface area contributed by atoms with Gasteiger partial charge in [0.1, 0.15) is 11.5 Å². The van der Waals surface area contributed by atoms with Crippen molar-refractivity contribution in [3.8, 4) is 11.5 Å². The number of quaternary nitrogens is 1. The number of esters is 1. The normalized spacial score (nSPS) is 11.1. The molecular weight excluding hydrogens is 328 g/mol. The predicted molar refractivity (Wildman–Crippen MR) is 102 cm³/mol. The Labute approximate surface area is 153 Å². The number of aromatic nitrogens is 1. The molecule has 0 spiro atoms. The van der Waals surface area contributed by atoms with Crippen molar-refractivity contribution in [3.63, 3.8) is 0 Å². The molecule has 3 rings (SSSR count). The Morgan fingerprint density at radius 1 is 1.12 bits per heavy atom. The maximum absolute atomic E-state index is 12.5. The minimum Gasteiger partial charge on any atom is -0.494 e. The summed E-state index contributed by atoms with van der Waals surface area (Å²) >= 11 is 0. The van der Waals surface area contributed by atoms with E-state index in [0.717, 1.165) is 35.2 Å². The molecule has 3 aromatic rings. The van der Waals surface area contributed by atoms with Gasteiger partial charge < -0.3 is 19.4 Å². The largest absolute Gasteiger partial charge is 0.494 e. The number of carbonyl (C=O) groups excluding carboxylic acids is 1. The average molecular weight is 353 g/mol. The molecule has 0 unspecified atom stereocenters. The number of likely N-dealkylation sites (N-methyl/N-ethyl adjacent to an activating group) is 1. The Bertz CT molecular complexity index is 882. The van der Waals surface area contributed by atoms with E-state index in [1.54, 1.807) is 24.3 Å². The van der Waals surface area contributed by atoms with Crippen LogP contribution in [0.15, 0.2) is 48.7 Å². The lowest BCUT2D eigenvalue weighted by molar-refractivity contribution is -0.858. The number of hydrogen-bond acceptors (Lipinski definition) is 3. The molecule has 5 nitrogen and oxygen atoms in total. The summed E-state index contributed by atoms with van der Waals surface area (Å²) in [4.78, 5) is 17.2. The molecular formula is C21H25N2O3+. The van der Waals surface area contributed by atoms with Gasteiger partial charge in [0.05, 0.1) is 32.8 Å². The van der Waals surface area contributed by atoms with E-state index in [1.807, 2.05) is 31.3 Å². The van der Waals surface area contributed by atoms with Crippen molar-refractivity contribution in [2.24, 2.45) is 0 Å². The molecule has 0 aliphatic rings. The molecule has 0 fully saturated rings. The third kappa shape index (κ3) is 4.06. The van der Waals surface area contributed by atoms with E-state index >= 15 is 0 Å². The molecule has 0 saturated heterocycles. The highest BCUT2D eigenvalue weighted by Gasteiger charge is 2.15. The van der Waals surface area contributed by atoms with Crippen LogP contribution in [0.1, 0.15) is 22.8 Å². The van der Waals surface area contributed by atoms with Crippen LogP contribution in [0.2, 0.25) is 0 Å². The van der Waals surface area contributed by atoms with Crippen LogP contribution in [0.3, 0.4) is 0 Å². The van der Waals surface area contributed by atoms with Gasteiger partial charge in [-0.05, 0) is 48.9 Å². The monoisotopic (exact) mass is 353 g/mol. The maximum atomic E-state index is 12.5. The SMILES string of the molecule is CCOc1ccc(C(=O)Oc2cccc3[nH]cc(CC[NH+](C)C)c23)cc1. The second-order valence-corrected chi connectivity index (χ2v) is 6.55. The van der Waals surface area contributed by atoms with Gasteiger partial charge in [-0.15, -0.1) is 0 Å². The van der Waals surface area contributed by atoms with Crippen LogP contribution >= 0.6 is 0 Å². The molecule has 0 aliphatic heterocycles. The average Bonchev–Trinajstić information content (AvgIpc) is 3.05. The molecule has 26 heavy (non-hydrogen) atoms. The smallest absolute Gasteiger partial charge is 0.343 e. The fourth-order valence-corrected chi connectivity index (χ4v) is 2.90. The van der Waals surface area contributed by atoms with E-state index in [0.29, 0.717) is 17.9 Å². The van der Waals surface area contributed by atoms with E-state index < -0.39 is 0 Å². The number of fused-ring (bicyclic) bond motifs is 1. The van der Waals surface area contributed by atoms with Crippen molar-refractivity contribution in [2.75, 3.05) is 27.2 Å². The first-order chi connectivity index (χ1) is 12.6. The van der Waals surface area contributed by atoms with Gasteiger partial charge in [-0.3, -0.25) is 0 Å². The van der Waals surface area contributed by atoms with Crippen molar-refractivity contribution >= 4 is 16.9 Å². The summed E-state index contributed by atoms with van der Waals surface area (Å²) in [6.07, 6.45) is 2.92. The van der Waals surface area contributed by atoms with E-state index in [4.69, 9.17) is 9.47 Å². The topological polar surface area (TPSA) is 55.8 Å². The molecule has 2 N–H and O–H groups in total. The molecule has 1 heterocycles. The summed E-state index contributed by atoms with van der Waals surface area (Å²) in [5.74, 6) is 0.961. The Morgan fingerprint density at radius 3 is 2.58 bits per heavy atom. The van der Waals surface area contributed by atoms with Gasteiger partial charge in [-0.25, -0.2) is 4.79 Å². The fourth-order valence-electron chi connectivity index (χ4n) is 2.90.